The highest BCUT2D eigenvalue weighted by Crippen LogP contribution is 2.32. The maximum atomic E-state index is 5.80. The Labute approximate surface area is 126 Å². The Morgan fingerprint density at radius 3 is 2.67 bits per heavy atom. The third-order valence-electron chi connectivity index (χ3n) is 3.90. The van der Waals surface area contributed by atoms with Crippen LogP contribution in [-0.2, 0) is 12.8 Å². The maximum absolute atomic E-state index is 5.80. The predicted molar refractivity (Wildman–Crippen MR) is 89.3 cm³/mol. The van der Waals surface area contributed by atoms with Crippen molar-refractivity contribution in [2.24, 2.45) is 0 Å². The highest BCUT2D eigenvalue weighted by molar-refractivity contribution is 5.70. The zero-order chi connectivity index (χ0) is 14.7. The number of allylic oxidation sites excluding steroid dienone is 1. The Kier molecular flexibility index (Phi) is 3.92. The van der Waals surface area contributed by atoms with Crippen LogP contribution >= 0.6 is 0 Å². The molecule has 0 unspecified atom stereocenters. The van der Waals surface area contributed by atoms with E-state index in [1.807, 2.05) is 18.4 Å². The van der Waals surface area contributed by atoms with Gasteiger partial charge < -0.3 is 4.74 Å². The molecule has 0 amide bonds. The number of benzene rings is 2. The summed E-state index contributed by atoms with van der Waals surface area (Å²) < 4.78 is 5.80. The summed E-state index contributed by atoms with van der Waals surface area (Å²) in [5.74, 6) is 0.943. The van der Waals surface area contributed by atoms with Crippen LogP contribution in [0.25, 0.3) is 11.6 Å². The van der Waals surface area contributed by atoms with Crippen molar-refractivity contribution >= 4 is 11.6 Å². The molecule has 2 aromatic carbocycles. The molecule has 0 aliphatic carbocycles. The molecule has 0 saturated carbocycles. The largest absolute Gasteiger partial charge is 0.464 e. The van der Waals surface area contributed by atoms with Crippen molar-refractivity contribution in [2.45, 2.75) is 26.2 Å². The van der Waals surface area contributed by atoms with Crippen molar-refractivity contribution in [3.05, 3.63) is 77.6 Å². The van der Waals surface area contributed by atoms with E-state index in [1.54, 1.807) is 0 Å². The van der Waals surface area contributed by atoms with Crippen LogP contribution in [0.5, 0.6) is 5.75 Å². The predicted octanol–water partition coefficient (Wildman–Crippen LogP) is 5.26. The van der Waals surface area contributed by atoms with Gasteiger partial charge in [0.1, 0.15) is 5.75 Å². The van der Waals surface area contributed by atoms with E-state index in [9.17, 15) is 0 Å². The first-order valence-electron chi connectivity index (χ1n) is 7.50. The number of aryl methyl sites for hydroxylation is 1. The van der Waals surface area contributed by atoms with E-state index in [2.05, 4.69) is 49.9 Å². The first-order chi connectivity index (χ1) is 10.3. The van der Waals surface area contributed by atoms with Crippen molar-refractivity contribution < 1.29 is 4.74 Å². The molecular weight excluding hydrogens is 256 g/mol. The minimum atomic E-state index is 0.917. The molecule has 0 fully saturated rings. The molecule has 0 saturated heterocycles. The molecule has 1 heterocycles. The molecule has 1 nitrogen and oxygen atoms in total. The van der Waals surface area contributed by atoms with E-state index in [1.165, 1.54) is 28.7 Å². The Hall–Kier alpha value is -2.28. The van der Waals surface area contributed by atoms with Gasteiger partial charge >= 0.3 is 0 Å². The number of hydrogen-bond donors (Lipinski definition) is 0. The summed E-state index contributed by atoms with van der Waals surface area (Å²) in [6, 6.07) is 15.1. The molecule has 21 heavy (non-hydrogen) atoms. The van der Waals surface area contributed by atoms with E-state index in [0.717, 1.165) is 24.2 Å². The summed E-state index contributed by atoms with van der Waals surface area (Å²) in [4.78, 5) is 0. The van der Waals surface area contributed by atoms with Crippen molar-refractivity contribution in [3.8, 4) is 5.75 Å². The number of hydrogen-bond acceptors (Lipinski definition) is 1. The number of rotatable bonds is 4. The van der Waals surface area contributed by atoms with Gasteiger partial charge in [-0.25, -0.2) is 0 Å². The Morgan fingerprint density at radius 2 is 1.95 bits per heavy atom. The fraction of sp³-hybridized carbons (Fsp3) is 0.200. The van der Waals surface area contributed by atoms with Gasteiger partial charge in [0.25, 0.3) is 0 Å². The molecule has 0 radical (unpaired) electrons. The fourth-order valence-electron chi connectivity index (χ4n) is 2.68. The highest BCUT2D eigenvalue weighted by Gasteiger charge is 2.14. The second-order valence-electron chi connectivity index (χ2n) is 5.46. The molecule has 0 aromatic heterocycles. The average Bonchev–Trinajstić information content (AvgIpc) is 2.55. The summed E-state index contributed by atoms with van der Waals surface area (Å²) in [6.45, 7) is 6.00. The Balaban J connectivity index is 1.82. The standard InChI is InChI=1S/C20H20O/c1-3-5-16-7-9-17(10-8-16)19-13-18-11-6-15(4-2)12-20(18)21-14-19/h4,6-12,14H,2-3,5,13H2,1H3. The second-order valence-corrected chi connectivity index (χ2v) is 5.46. The zero-order valence-corrected chi connectivity index (χ0v) is 12.4. The van der Waals surface area contributed by atoms with Gasteiger partial charge in [-0.1, -0.05) is 62.4 Å². The van der Waals surface area contributed by atoms with E-state index in [-0.39, 0.29) is 0 Å². The minimum Gasteiger partial charge on any atom is -0.464 e. The molecule has 106 valence electrons. The number of fused-ring (bicyclic) bond motifs is 1. The molecule has 0 N–H and O–H groups in total. The molecular formula is C20H20O. The summed E-state index contributed by atoms with van der Waals surface area (Å²) in [5, 5.41) is 0. The summed E-state index contributed by atoms with van der Waals surface area (Å²) in [5.41, 5.74) is 6.20. The van der Waals surface area contributed by atoms with Crippen LogP contribution in [0.4, 0.5) is 0 Å². The summed E-state index contributed by atoms with van der Waals surface area (Å²) >= 11 is 0. The molecule has 0 bridgehead atoms. The van der Waals surface area contributed by atoms with E-state index in [4.69, 9.17) is 4.74 Å². The van der Waals surface area contributed by atoms with Gasteiger partial charge in [0, 0.05) is 6.42 Å². The minimum absolute atomic E-state index is 0.917. The fourth-order valence-corrected chi connectivity index (χ4v) is 2.68. The van der Waals surface area contributed by atoms with Crippen LogP contribution in [0.1, 0.15) is 35.6 Å². The van der Waals surface area contributed by atoms with E-state index < -0.39 is 0 Å². The van der Waals surface area contributed by atoms with Crippen molar-refractivity contribution in [3.63, 3.8) is 0 Å². The van der Waals surface area contributed by atoms with Crippen molar-refractivity contribution in [2.75, 3.05) is 0 Å². The van der Waals surface area contributed by atoms with E-state index in [0.29, 0.717) is 0 Å². The SMILES string of the molecule is C=Cc1ccc2c(c1)OC=C(c1ccc(CCC)cc1)C2. The van der Waals surface area contributed by atoms with Gasteiger partial charge in [0.2, 0.25) is 0 Å². The third kappa shape index (κ3) is 2.92. The molecule has 2 aromatic rings. The van der Waals surface area contributed by atoms with Crippen LogP contribution in [0.2, 0.25) is 0 Å². The summed E-state index contributed by atoms with van der Waals surface area (Å²) in [6.07, 6.45) is 6.96. The second kappa shape index (κ2) is 6.01. The zero-order valence-electron chi connectivity index (χ0n) is 12.4. The molecule has 3 rings (SSSR count). The van der Waals surface area contributed by atoms with Crippen molar-refractivity contribution in [1.29, 1.82) is 0 Å². The lowest BCUT2D eigenvalue weighted by atomic mass is 9.95. The Morgan fingerprint density at radius 1 is 1.14 bits per heavy atom. The number of ether oxygens (including phenoxy) is 1. The van der Waals surface area contributed by atoms with Gasteiger partial charge in [0.15, 0.2) is 0 Å². The molecule has 0 spiro atoms. The molecule has 1 heteroatoms. The van der Waals surface area contributed by atoms with Crippen LogP contribution in [0, 0.1) is 0 Å². The normalized spacial score (nSPS) is 13.1. The molecule has 1 aliphatic heterocycles. The Bertz CT molecular complexity index is 677. The van der Waals surface area contributed by atoms with Gasteiger partial charge in [-0.15, -0.1) is 0 Å². The lowest BCUT2D eigenvalue weighted by molar-refractivity contribution is 0.469. The van der Waals surface area contributed by atoms with Crippen LogP contribution in [-0.4, -0.2) is 0 Å². The first-order valence-corrected chi connectivity index (χ1v) is 7.50. The quantitative estimate of drug-likeness (QED) is 0.740. The van der Waals surface area contributed by atoms with Gasteiger partial charge in [-0.05, 0) is 40.3 Å². The lowest BCUT2D eigenvalue weighted by Crippen LogP contribution is -2.02. The topological polar surface area (TPSA) is 9.23 Å². The summed E-state index contributed by atoms with van der Waals surface area (Å²) in [7, 11) is 0. The average molecular weight is 276 g/mol. The van der Waals surface area contributed by atoms with Crippen molar-refractivity contribution in [1.82, 2.24) is 0 Å². The maximum Gasteiger partial charge on any atom is 0.130 e. The van der Waals surface area contributed by atoms with Crippen LogP contribution in [0.15, 0.2) is 55.3 Å². The smallest absolute Gasteiger partial charge is 0.130 e. The third-order valence-corrected chi connectivity index (χ3v) is 3.90. The van der Waals surface area contributed by atoms with Crippen LogP contribution in [0.3, 0.4) is 0 Å². The monoisotopic (exact) mass is 276 g/mol. The lowest BCUT2D eigenvalue weighted by Gasteiger charge is -2.18. The first kappa shape index (κ1) is 13.7. The molecule has 1 aliphatic rings. The molecule has 0 atom stereocenters. The van der Waals surface area contributed by atoms with Gasteiger partial charge in [-0.3, -0.25) is 0 Å². The van der Waals surface area contributed by atoms with Gasteiger partial charge in [0.05, 0.1) is 6.26 Å². The van der Waals surface area contributed by atoms with Crippen LogP contribution < -0.4 is 4.74 Å². The highest BCUT2D eigenvalue weighted by atomic mass is 16.5. The van der Waals surface area contributed by atoms with Gasteiger partial charge in [-0.2, -0.15) is 0 Å². The van der Waals surface area contributed by atoms with E-state index >= 15 is 0 Å².